The molecule has 0 spiro atoms. The summed E-state index contributed by atoms with van der Waals surface area (Å²) in [6.07, 6.45) is 3.54. The van der Waals surface area contributed by atoms with Gasteiger partial charge in [0, 0.05) is 47.0 Å². The van der Waals surface area contributed by atoms with Gasteiger partial charge in [0.15, 0.2) is 9.84 Å². The van der Waals surface area contributed by atoms with Crippen LogP contribution in [0.15, 0.2) is 90.1 Å². The Labute approximate surface area is 265 Å². The molecule has 2 heterocycles. The lowest BCUT2D eigenvalue weighted by Gasteiger charge is -2.25. The zero-order valence-electron chi connectivity index (χ0n) is 23.7. The molecule has 3 aromatic carbocycles. The Balaban J connectivity index is 1.35. The van der Waals surface area contributed by atoms with E-state index in [0.717, 1.165) is 0 Å². The van der Waals surface area contributed by atoms with Crippen molar-refractivity contribution in [1.29, 1.82) is 0 Å². The Morgan fingerprint density at radius 3 is 2.52 bits per heavy atom. The van der Waals surface area contributed by atoms with E-state index in [2.05, 4.69) is 10.3 Å². The van der Waals surface area contributed by atoms with Crippen LogP contribution in [-0.2, 0) is 14.6 Å². The number of pyridine rings is 1. The van der Waals surface area contributed by atoms with Gasteiger partial charge in [-0.05, 0) is 67.4 Å². The summed E-state index contributed by atoms with van der Waals surface area (Å²) < 4.78 is 37.2. The maximum Gasteiger partial charge on any atom is 0.262 e. The number of carbonyl (C=O) groups excluding carboxylic acids is 2. The van der Waals surface area contributed by atoms with Crippen molar-refractivity contribution < 1.29 is 27.5 Å². The number of nitrogens with zero attached hydrogens (tertiary/aromatic N) is 2. The van der Waals surface area contributed by atoms with Gasteiger partial charge in [-0.3, -0.25) is 14.6 Å². The van der Waals surface area contributed by atoms with Crippen molar-refractivity contribution in [3.8, 4) is 5.75 Å². The van der Waals surface area contributed by atoms with Gasteiger partial charge in [0.1, 0.15) is 5.75 Å². The Kier molecular flexibility index (Phi) is 9.85. The maximum atomic E-state index is 14.0. The van der Waals surface area contributed by atoms with Crippen molar-refractivity contribution in [2.45, 2.75) is 23.8 Å². The highest BCUT2D eigenvalue weighted by molar-refractivity contribution is 7.91. The summed E-state index contributed by atoms with van der Waals surface area (Å²) in [5.74, 6) is -0.631. The van der Waals surface area contributed by atoms with Gasteiger partial charge < -0.3 is 19.7 Å². The highest BCUT2D eigenvalue weighted by atomic mass is 35.5. The van der Waals surface area contributed by atoms with E-state index in [4.69, 9.17) is 32.7 Å². The molecule has 12 heteroatoms. The summed E-state index contributed by atoms with van der Waals surface area (Å²) in [7, 11) is -2.10. The van der Waals surface area contributed by atoms with Crippen LogP contribution in [0.25, 0.3) is 0 Å². The van der Waals surface area contributed by atoms with Gasteiger partial charge in [-0.1, -0.05) is 35.3 Å². The number of fused-ring (bicyclic) bond motifs is 1. The summed E-state index contributed by atoms with van der Waals surface area (Å²) in [5, 5.41) is 3.58. The van der Waals surface area contributed by atoms with Crippen LogP contribution in [0.3, 0.4) is 0 Å². The number of benzene rings is 3. The number of rotatable bonds is 9. The lowest BCUT2D eigenvalue weighted by Crippen LogP contribution is -2.32. The minimum atomic E-state index is -3.56. The molecule has 0 saturated carbocycles. The number of hydrogen-bond donors (Lipinski definition) is 1. The average molecular weight is 655 g/mol. The van der Waals surface area contributed by atoms with Crippen molar-refractivity contribution in [3.05, 3.63) is 112 Å². The number of nitrogens with one attached hydrogen (secondary N) is 1. The van der Waals surface area contributed by atoms with Crippen LogP contribution in [0.1, 0.15) is 45.2 Å². The van der Waals surface area contributed by atoms with Crippen molar-refractivity contribution in [1.82, 2.24) is 4.98 Å². The van der Waals surface area contributed by atoms with Gasteiger partial charge in [0.05, 0.1) is 46.6 Å². The summed E-state index contributed by atoms with van der Waals surface area (Å²) in [6, 6.07) is 19.6. The Hall–Kier alpha value is -3.96. The highest BCUT2D eigenvalue weighted by Crippen LogP contribution is 2.38. The van der Waals surface area contributed by atoms with Crippen molar-refractivity contribution in [3.63, 3.8) is 0 Å². The number of sulfone groups is 1. The molecule has 0 aliphatic carbocycles. The highest BCUT2D eigenvalue weighted by Gasteiger charge is 2.30. The molecule has 5 rings (SSSR count). The number of hydrogen-bond acceptors (Lipinski definition) is 7. The van der Waals surface area contributed by atoms with Gasteiger partial charge in [-0.2, -0.15) is 0 Å². The fraction of sp³-hybridized carbons (Fsp3) is 0.219. The Morgan fingerprint density at radius 1 is 1.00 bits per heavy atom. The zero-order valence-corrected chi connectivity index (χ0v) is 26.0. The van der Waals surface area contributed by atoms with Crippen LogP contribution in [0.2, 0.25) is 10.0 Å². The van der Waals surface area contributed by atoms with E-state index in [9.17, 15) is 18.0 Å². The monoisotopic (exact) mass is 653 g/mol. The first kappa shape index (κ1) is 31.5. The van der Waals surface area contributed by atoms with Crippen molar-refractivity contribution in [2.24, 2.45) is 0 Å². The third kappa shape index (κ3) is 7.05. The minimum Gasteiger partial charge on any atom is -0.496 e. The normalized spacial score (nSPS) is 14.8. The first-order valence-electron chi connectivity index (χ1n) is 13.8. The number of carbonyl (C=O) groups is 2. The molecule has 1 aliphatic heterocycles. The molecule has 44 heavy (non-hydrogen) atoms. The fourth-order valence-electron chi connectivity index (χ4n) is 5.02. The van der Waals surface area contributed by atoms with Crippen LogP contribution >= 0.6 is 23.2 Å². The van der Waals surface area contributed by atoms with Gasteiger partial charge in [0.25, 0.3) is 11.8 Å². The largest absolute Gasteiger partial charge is 0.496 e. The molecule has 4 aromatic rings. The number of anilines is 2. The number of ether oxygens (including phenoxy) is 2. The fourth-order valence-corrected chi connectivity index (χ4v) is 6.51. The number of halogens is 2. The van der Waals surface area contributed by atoms with E-state index in [-0.39, 0.29) is 28.9 Å². The van der Waals surface area contributed by atoms with E-state index in [1.807, 2.05) is 0 Å². The molecule has 9 nitrogen and oxygen atoms in total. The van der Waals surface area contributed by atoms with Crippen LogP contribution in [0.4, 0.5) is 11.4 Å². The molecular formula is C32H29Cl2N3O6S. The number of amides is 2. The smallest absolute Gasteiger partial charge is 0.262 e. The second-order valence-corrected chi connectivity index (χ2v) is 13.0. The predicted octanol–water partition coefficient (Wildman–Crippen LogP) is 6.62. The van der Waals surface area contributed by atoms with Crippen molar-refractivity contribution >= 4 is 56.2 Å². The first-order chi connectivity index (χ1) is 21.2. The molecule has 228 valence electrons. The van der Waals surface area contributed by atoms with Gasteiger partial charge in [-0.15, -0.1) is 0 Å². The summed E-state index contributed by atoms with van der Waals surface area (Å²) in [6.45, 7) is 0.348. The third-order valence-electron chi connectivity index (χ3n) is 7.21. The van der Waals surface area contributed by atoms with Crippen LogP contribution in [-0.4, -0.2) is 51.2 Å². The number of aromatic nitrogens is 1. The average Bonchev–Trinajstić information content (AvgIpc) is 3.20. The van der Waals surface area contributed by atoms with Crippen LogP contribution in [0, 0.1) is 0 Å². The molecule has 0 radical (unpaired) electrons. The zero-order chi connectivity index (χ0) is 31.3. The van der Waals surface area contributed by atoms with E-state index in [0.29, 0.717) is 57.5 Å². The van der Waals surface area contributed by atoms with Crippen LogP contribution in [0.5, 0.6) is 5.75 Å². The lowest BCUT2D eigenvalue weighted by molar-refractivity contribution is 0.0582. The van der Waals surface area contributed by atoms with Crippen molar-refractivity contribution in [2.75, 3.05) is 36.2 Å². The Bertz CT molecular complexity index is 1790. The first-order valence-corrected chi connectivity index (χ1v) is 16.2. The molecule has 1 atom stereocenters. The van der Waals surface area contributed by atoms with Crippen LogP contribution < -0.4 is 15.0 Å². The second-order valence-electron chi connectivity index (χ2n) is 10.0. The van der Waals surface area contributed by atoms with E-state index < -0.39 is 21.8 Å². The van der Waals surface area contributed by atoms with Gasteiger partial charge >= 0.3 is 0 Å². The van der Waals surface area contributed by atoms with E-state index in [1.54, 1.807) is 65.6 Å². The quantitative estimate of drug-likeness (QED) is 0.216. The third-order valence-corrected chi connectivity index (χ3v) is 9.47. The summed E-state index contributed by atoms with van der Waals surface area (Å²) >= 11 is 12.5. The molecule has 1 unspecified atom stereocenters. The molecule has 1 aromatic heterocycles. The summed E-state index contributed by atoms with van der Waals surface area (Å²) in [4.78, 5) is 32.4. The molecule has 0 saturated heterocycles. The van der Waals surface area contributed by atoms with Gasteiger partial charge in [-0.25, -0.2) is 8.42 Å². The molecular weight excluding hydrogens is 625 g/mol. The Morgan fingerprint density at radius 2 is 1.77 bits per heavy atom. The molecule has 1 aliphatic rings. The molecule has 1 N–H and O–H groups in total. The minimum absolute atomic E-state index is 0.0373. The SMILES string of the molecule is COc1cc(NC(=O)c2ccccc2Cl)ccc1C(=O)N1CCCC(OCCS(=O)(=O)c2ccncc2)c2cc(Cl)ccc21. The summed E-state index contributed by atoms with van der Waals surface area (Å²) in [5.41, 5.74) is 2.35. The lowest BCUT2D eigenvalue weighted by atomic mass is 10.0. The molecule has 0 fully saturated rings. The number of methoxy groups -OCH3 is 1. The predicted molar refractivity (Wildman–Crippen MR) is 170 cm³/mol. The second kappa shape index (κ2) is 13.8. The van der Waals surface area contributed by atoms with E-state index in [1.165, 1.54) is 31.6 Å². The van der Waals surface area contributed by atoms with E-state index >= 15 is 0 Å². The van der Waals surface area contributed by atoms with Gasteiger partial charge in [0.2, 0.25) is 0 Å². The maximum absolute atomic E-state index is 14.0. The molecule has 0 bridgehead atoms. The topological polar surface area (TPSA) is 115 Å². The molecule has 2 amide bonds. The standard InChI is InChI=1S/C32H29Cl2N3O6S/c1-42-30-20-22(36-31(38)24-5-2-3-6-27(24)34)9-10-25(30)32(39)37-16-4-7-29(26-19-21(33)8-11-28(26)37)43-17-18-44(40,41)23-12-14-35-15-13-23/h2-3,5-6,8-15,19-20,29H,4,7,16-18H2,1H3,(H,36,38).